The summed E-state index contributed by atoms with van der Waals surface area (Å²) in [6, 6.07) is 5.42. The molecule has 0 unspecified atom stereocenters. The molecule has 0 saturated carbocycles. The van der Waals surface area contributed by atoms with Gasteiger partial charge in [-0.05, 0) is 31.0 Å². The minimum absolute atomic E-state index is 0.0766. The molecule has 2 fully saturated rings. The van der Waals surface area contributed by atoms with Crippen molar-refractivity contribution in [2.75, 3.05) is 13.1 Å². The molecule has 0 radical (unpaired) electrons. The summed E-state index contributed by atoms with van der Waals surface area (Å²) >= 11 is 3.42. The second kappa shape index (κ2) is 6.27. The third-order valence-electron chi connectivity index (χ3n) is 6.06. The van der Waals surface area contributed by atoms with Crippen LogP contribution in [0.1, 0.15) is 23.3 Å². The van der Waals surface area contributed by atoms with Gasteiger partial charge in [0.05, 0.1) is 23.4 Å². The van der Waals surface area contributed by atoms with Gasteiger partial charge >= 0.3 is 0 Å². The van der Waals surface area contributed by atoms with E-state index in [-0.39, 0.29) is 35.6 Å². The number of aryl methyl sites for hydroxylation is 1. The van der Waals surface area contributed by atoms with Crippen molar-refractivity contribution < 1.29 is 14.4 Å². The molecule has 0 bridgehead atoms. The van der Waals surface area contributed by atoms with Gasteiger partial charge in [-0.15, -0.1) is 0 Å². The number of hydrogen-bond donors (Lipinski definition) is 0. The predicted octanol–water partition coefficient (Wildman–Crippen LogP) is 2.11. The Hall–Kier alpha value is -2.48. The van der Waals surface area contributed by atoms with Gasteiger partial charge < -0.3 is 4.90 Å². The summed E-state index contributed by atoms with van der Waals surface area (Å²) in [5, 5.41) is 5.21. The fourth-order valence-electron chi connectivity index (χ4n) is 4.55. The number of imide groups is 1. The lowest BCUT2D eigenvalue weighted by Crippen LogP contribution is -2.62. The standard InChI is InChI=1S/C20H19BrN4O3/c1-23-17(15-7-6-11(21)8-16(15)22-23)20(28)24-9-12(10-24)25-18(26)13-4-2-3-5-14(13)19(25)27/h2-3,6-8,12-14H,4-5,9-10H2,1H3/t13-,14-/m1/s1. The van der Waals surface area contributed by atoms with Gasteiger partial charge in [0.25, 0.3) is 5.91 Å². The smallest absolute Gasteiger partial charge is 0.272 e. The Balaban J connectivity index is 1.34. The van der Waals surface area contributed by atoms with E-state index in [2.05, 4.69) is 21.0 Å². The first-order chi connectivity index (χ1) is 13.5. The van der Waals surface area contributed by atoms with E-state index in [4.69, 9.17) is 0 Å². The zero-order valence-electron chi connectivity index (χ0n) is 15.3. The molecule has 8 heteroatoms. The van der Waals surface area contributed by atoms with Crippen molar-refractivity contribution in [1.82, 2.24) is 19.6 Å². The normalized spacial score (nSPS) is 24.8. The van der Waals surface area contributed by atoms with Crippen LogP contribution in [0.2, 0.25) is 0 Å². The highest BCUT2D eigenvalue weighted by molar-refractivity contribution is 9.10. The maximum absolute atomic E-state index is 13.0. The molecule has 1 aliphatic carbocycles. The van der Waals surface area contributed by atoms with E-state index in [0.717, 1.165) is 15.4 Å². The van der Waals surface area contributed by atoms with Crippen LogP contribution < -0.4 is 0 Å². The molecule has 3 heterocycles. The SMILES string of the molecule is Cn1nc2cc(Br)ccc2c1C(=O)N1CC(N2C(=O)[C@@H]3CC=CC[C@H]3C2=O)C1. The summed E-state index contributed by atoms with van der Waals surface area (Å²) < 4.78 is 2.50. The van der Waals surface area contributed by atoms with Crippen LogP contribution in [-0.4, -0.2) is 56.4 Å². The number of fused-ring (bicyclic) bond motifs is 2. The van der Waals surface area contributed by atoms with Crippen LogP contribution in [0.3, 0.4) is 0 Å². The average Bonchev–Trinajstić information content (AvgIpc) is 3.09. The number of aromatic nitrogens is 2. The van der Waals surface area contributed by atoms with Crippen LogP contribution in [0.25, 0.3) is 10.9 Å². The van der Waals surface area contributed by atoms with E-state index in [9.17, 15) is 14.4 Å². The van der Waals surface area contributed by atoms with Crippen LogP contribution in [0, 0.1) is 11.8 Å². The number of rotatable bonds is 2. The zero-order chi connectivity index (χ0) is 19.6. The Morgan fingerprint density at radius 1 is 1.11 bits per heavy atom. The van der Waals surface area contributed by atoms with Crippen LogP contribution in [0.4, 0.5) is 0 Å². The second-order valence-electron chi connectivity index (χ2n) is 7.70. The summed E-state index contributed by atoms with van der Waals surface area (Å²) in [4.78, 5) is 41.5. The molecular formula is C20H19BrN4O3. The van der Waals surface area contributed by atoms with Gasteiger partial charge in [-0.3, -0.25) is 24.0 Å². The molecule has 0 N–H and O–H groups in total. The molecule has 1 aromatic heterocycles. The summed E-state index contributed by atoms with van der Waals surface area (Å²) in [7, 11) is 1.75. The number of nitrogens with zero attached hydrogens (tertiary/aromatic N) is 4. The van der Waals surface area contributed by atoms with Gasteiger partial charge in [-0.2, -0.15) is 5.10 Å². The molecule has 2 atom stereocenters. The number of halogens is 1. The van der Waals surface area contributed by atoms with Gasteiger partial charge in [0.1, 0.15) is 5.69 Å². The summed E-state index contributed by atoms with van der Waals surface area (Å²) in [6.07, 6.45) is 5.24. The van der Waals surface area contributed by atoms with Crippen LogP contribution in [-0.2, 0) is 16.6 Å². The Morgan fingerprint density at radius 2 is 1.75 bits per heavy atom. The van der Waals surface area contributed by atoms with Gasteiger partial charge in [-0.1, -0.05) is 28.1 Å². The maximum atomic E-state index is 13.0. The van der Waals surface area contributed by atoms with E-state index in [1.54, 1.807) is 16.6 Å². The third kappa shape index (κ3) is 2.47. The molecule has 144 valence electrons. The Labute approximate surface area is 170 Å². The van der Waals surface area contributed by atoms with Gasteiger partial charge in [0, 0.05) is 30.0 Å². The fraction of sp³-hybridized carbons (Fsp3) is 0.400. The summed E-state index contributed by atoms with van der Waals surface area (Å²) in [5.74, 6) is -0.718. The summed E-state index contributed by atoms with van der Waals surface area (Å²) in [6.45, 7) is 0.763. The van der Waals surface area contributed by atoms with Gasteiger partial charge in [-0.25, -0.2) is 0 Å². The number of carbonyl (C=O) groups excluding carboxylic acids is 3. The highest BCUT2D eigenvalue weighted by atomic mass is 79.9. The van der Waals surface area contributed by atoms with E-state index in [1.165, 1.54) is 4.90 Å². The molecule has 2 aromatic rings. The number of allylic oxidation sites excluding steroid dienone is 2. The first-order valence-electron chi connectivity index (χ1n) is 9.39. The molecule has 7 nitrogen and oxygen atoms in total. The van der Waals surface area contributed by atoms with Crippen molar-refractivity contribution in [1.29, 1.82) is 0 Å². The van der Waals surface area contributed by atoms with Crippen molar-refractivity contribution in [3.63, 3.8) is 0 Å². The first kappa shape index (κ1) is 17.6. The molecule has 0 spiro atoms. The molecular weight excluding hydrogens is 424 g/mol. The Kier molecular flexibility index (Phi) is 3.94. The molecule has 3 aliphatic rings. The number of amides is 3. The lowest BCUT2D eigenvalue weighted by molar-refractivity contribution is -0.145. The lowest BCUT2D eigenvalue weighted by atomic mass is 9.85. The monoisotopic (exact) mass is 442 g/mol. The van der Waals surface area contributed by atoms with E-state index in [1.807, 2.05) is 30.4 Å². The quantitative estimate of drug-likeness (QED) is 0.527. The van der Waals surface area contributed by atoms with E-state index < -0.39 is 0 Å². The van der Waals surface area contributed by atoms with Crippen LogP contribution >= 0.6 is 15.9 Å². The molecule has 2 saturated heterocycles. The number of hydrogen-bond acceptors (Lipinski definition) is 4. The third-order valence-corrected chi connectivity index (χ3v) is 6.55. The van der Waals surface area contributed by atoms with Crippen molar-refractivity contribution in [2.24, 2.45) is 18.9 Å². The highest BCUT2D eigenvalue weighted by Gasteiger charge is 2.52. The molecule has 28 heavy (non-hydrogen) atoms. The topological polar surface area (TPSA) is 75.5 Å². The lowest BCUT2D eigenvalue weighted by Gasteiger charge is -2.43. The van der Waals surface area contributed by atoms with Crippen molar-refractivity contribution in [2.45, 2.75) is 18.9 Å². The largest absolute Gasteiger partial charge is 0.333 e. The molecule has 1 aromatic carbocycles. The Bertz CT molecular complexity index is 1030. The summed E-state index contributed by atoms with van der Waals surface area (Å²) in [5.41, 5.74) is 1.27. The van der Waals surface area contributed by atoms with Crippen molar-refractivity contribution >= 4 is 44.6 Å². The van der Waals surface area contributed by atoms with Crippen molar-refractivity contribution in [3.8, 4) is 0 Å². The molecule has 2 aliphatic heterocycles. The van der Waals surface area contributed by atoms with Crippen LogP contribution in [0.5, 0.6) is 0 Å². The number of likely N-dealkylation sites (tertiary alicyclic amines) is 2. The van der Waals surface area contributed by atoms with Crippen LogP contribution in [0.15, 0.2) is 34.8 Å². The highest BCUT2D eigenvalue weighted by Crippen LogP contribution is 2.37. The molecule has 5 rings (SSSR count). The minimum atomic E-state index is -0.221. The Morgan fingerprint density at radius 3 is 2.39 bits per heavy atom. The zero-order valence-corrected chi connectivity index (χ0v) is 16.9. The van der Waals surface area contributed by atoms with Crippen molar-refractivity contribution in [3.05, 3.63) is 40.5 Å². The minimum Gasteiger partial charge on any atom is -0.333 e. The average molecular weight is 443 g/mol. The first-order valence-corrected chi connectivity index (χ1v) is 10.2. The molecule has 3 amide bonds. The van der Waals surface area contributed by atoms with E-state index in [0.29, 0.717) is 31.6 Å². The van der Waals surface area contributed by atoms with Gasteiger partial charge in [0.2, 0.25) is 11.8 Å². The predicted molar refractivity (Wildman–Crippen MR) is 105 cm³/mol. The fourth-order valence-corrected chi connectivity index (χ4v) is 4.90. The number of carbonyl (C=O) groups is 3. The number of benzene rings is 1. The van der Waals surface area contributed by atoms with Gasteiger partial charge in [0.15, 0.2) is 0 Å². The maximum Gasteiger partial charge on any atom is 0.272 e. The van der Waals surface area contributed by atoms with E-state index >= 15 is 0 Å². The second-order valence-corrected chi connectivity index (χ2v) is 8.62.